The number of hydrogen-bond acceptors (Lipinski definition) is 8. The van der Waals surface area contributed by atoms with Crippen LogP contribution in [0.5, 0.6) is 0 Å². The van der Waals surface area contributed by atoms with E-state index in [1.807, 2.05) is 0 Å². The molecular weight excluding hydrogens is 438 g/mol. The highest BCUT2D eigenvalue weighted by molar-refractivity contribution is 7.86. The lowest BCUT2D eigenvalue weighted by molar-refractivity contribution is -0.385. The van der Waals surface area contributed by atoms with Gasteiger partial charge in [0.1, 0.15) is 4.90 Å². The van der Waals surface area contributed by atoms with Crippen molar-refractivity contribution in [3.05, 3.63) is 86.5 Å². The molecule has 0 saturated carbocycles. The molecule has 0 unspecified atom stereocenters. The number of fused-ring (bicyclic) bond motifs is 2. The number of benzene rings is 3. The third kappa shape index (κ3) is 3.29. The highest BCUT2D eigenvalue weighted by Crippen LogP contribution is 2.40. The molecule has 10 nitrogen and oxygen atoms in total. The number of carbonyl (C=O) groups is 2. The van der Waals surface area contributed by atoms with Gasteiger partial charge < -0.3 is 11.1 Å². The van der Waals surface area contributed by atoms with Crippen molar-refractivity contribution >= 4 is 44.4 Å². The molecule has 0 fully saturated rings. The summed E-state index contributed by atoms with van der Waals surface area (Å²) in [5.41, 5.74) is 5.14. The minimum absolute atomic E-state index is 0.0427. The summed E-state index contributed by atoms with van der Waals surface area (Å²) in [4.78, 5) is 36.3. The quantitative estimate of drug-likeness (QED) is 0.182. The number of nitrogens with zero attached hydrogens (tertiary/aromatic N) is 1. The molecule has 0 aromatic heterocycles. The topological polar surface area (TPSA) is 170 Å². The molecule has 0 spiro atoms. The van der Waals surface area contributed by atoms with Crippen LogP contribution in [0.4, 0.5) is 22.7 Å². The number of aryl methyl sites for hydroxylation is 1. The standard InChI is InChI=1S/C21H15N3O7S/c1-10-6-7-11(8-15(10)24(27)28)23-14-9-16(32(29,30)31)19(22)18-17(14)20(25)12-4-2-3-5-13(12)21(18)26/h2-9,23H,22H2,1H3,(H,29,30,31). The first kappa shape index (κ1) is 21.2. The fourth-order valence-corrected chi connectivity index (χ4v) is 4.29. The minimum Gasteiger partial charge on any atom is -0.397 e. The van der Waals surface area contributed by atoms with Crippen LogP contribution in [0.15, 0.2) is 53.4 Å². The van der Waals surface area contributed by atoms with Crippen molar-refractivity contribution in [1.29, 1.82) is 0 Å². The number of ketones is 2. The Kier molecular flexibility index (Phi) is 4.79. The van der Waals surface area contributed by atoms with E-state index in [4.69, 9.17) is 5.73 Å². The molecule has 4 rings (SSSR count). The normalized spacial score (nSPS) is 12.8. The monoisotopic (exact) mass is 453 g/mol. The molecule has 0 heterocycles. The zero-order valence-corrected chi connectivity index (χ0v) is 17.3. The Hall–Kier alpha value is -4.09. The number of nitrogen functional groups attached to an aromatic ring is 1. The molecule has 0 aliphatic heterocycles. The van der Waals surface area contributed by atoms with Crippen LogP contribution in [0.25, 0.3) is 0 Å². The average Bonchev–Trinajstić information content (AvgIpc) is 2.73. The number of nitro groups is 1. The summed E-state index contributed by atoms with van der Waals surface area (Å²) in [5, 5.41) is 14.0. The molecule has 0 atom stereocenters. The van der Waals surface area contributed by atoms with Gasteiger partial charge in [-0.2, -0.15) is 8.42 Å². The van der Waals surface area contributed by atoms with Gasteiger partial charge in [-0.05, 0) is 19.1 Å². The molecular formula is C21H15N3O7S. The van der Waals surface area contributed by atoms with Crippen LogP contribution in [-0.2, 0) is 10.1 Å². The third-order valence-corrected chi connectivity index (χ3v) is 6.06. The van der Waals surface area contributed by atoms with E-state index in [9.17, 15) is 32.7 Å². The van der Waals surface area contributed by atoms with Crippen molar-refractivity contribution < 1.29 is 27.5 Å². The van der Waals surface area contributed by atoms with Gasteiger partial charge in [0.15, 0.2) is 11.6 Å². The Morgan fingerprint density at radius 1 is 1.00 bits per heavy atom. The molecule has 11 heteroatoms. The Balaban J connectivity index is 2.00. The maximum absolute atomic E-state index is 13.2. The van der Waals surface area contributed by atoms with Gasteiger partial charge in [-0.3, -0.25) is 24.3 Å². The molecule has 0 saturated heterocycles. The van der Waals surface area contributed by atoms with Gasteiger partial charge in [-0.1, -0.05) is 30.3 Å². The van der Waals surface area contributed by atoms with Crippen LogP contribution >= 0.6 is 0 Å². The SMILES string of the molecule is Cc1ccc(Nc2cc(S(=O)(=O)O)c(N)c3c2C(=O)c2ccccc2C3=O)cc1[N+](=O)[O-]. The predicted molar refractivity (Wildman–Crippen MR) is 115 cm³/mol. The molecule has 0 amide bonds. The smallest absolute Gasteiger partial charge is 0.296 e. The number of hydrogen-bond donors (Lipinski definition) is 3. The average molecular weight is 453 g/mol. The van der Waals surface area contributed by atoms with Gasteiger partial charge >= 0.3 is 0 Å². The van der Waals surface area contributed by atoms with Crippen molar-refractivity contribution in [1.82, 2.24) is 0 Å². The summed E-state index contributed by atoms with van der Waals surface area (Å²) >= 11 is 0. The van der Waals surface area contributed by atoms with E-state index in [-0.39, 0.29) is 39.3 Å². The molecule has 0 radical (unpaired) electrons. The Morgan fingerprint density at radius 3 is 2.16 bits per heavy atom. The largest absolute Gasteiger partial charge is 0.397 e. The van der Waals surface area contributed by atoms with E-state index < -0.39 is 37.2 Å². The summed E-state index contributed by atoms with van der Waals surface area (Å²) in [6, 6.07) is 11.1. The second kappa shape index (κ2) is 7.25. The van der Waals surface area contributed by atoms with Crippen LogP contribution in [0.1, 0.15) is 37.4 Å². The van der Waals surface area contributed by atoms with Gasteiger partial charge in [-0.25, -0.2) is 0 Å². The van der Waals surface area contributed by atoms with Crippen LogP contribution in [-0.4, -0.2) is 29.5 Å². The minimum atomic E-state index is -4.87. The number of carbonyl (C=O) groups excluding carboxylic acids is 2. The second-order valence-corrected chi connectivity index (χ2v) is 8.54. The molecule has 3 aromatic rings. The first-order valence-electron chi connectivity index (χ1n) is 9.15. The number of nitro benzene ring substituents is 1. The van der Waals surface area contributed by atoms with E-state index in [0.29, 0.717) is 5.56 Å². The summed E-state index contributed by atoms with van der Waals surface area (Å²) in [5.74, 6) is -1.27. The first-order chi connectivity index (χ1) is 15.0. The molecule has 32 heavy (non-hydrogen) atoms. The van der Waals surface area contributed by atoms with Crippen molar-refractivity contribution in [3.8, 4) is 0 Å². The maximum Gasteiger partial charge on any atom is 0.296 e. The van der Waals surface area contributed by atoms with Crippen LogP contribution in [0.3, 0.4) is 0 Å². The molecule has 0 bridgehead atoms. The lowest BCUT2D eigenvalue weighted by atomic mass is 9.82. The lowest BCUT2D eigenvalue weighted by Gasteiger charge is -2.23. The number of nitrogens with two attached hydrogens (primary N) is 1. The van der Waals surface area contributed by atoms with Crippen LogP contribution < -0.4 is 11.1 Å². The molecule has 162 valence electrons. The van der Waals surface area contributed by atoms with E-state index in [2.05, 4.69) is 5.32 Å². The maximum atomic E-state index is 13.2. The predicted octanol–water partition coefficient (Wildman–Crippen LogP) is 3.25. The Labute approximate surface area is 181 Å². The lowest BCUT2D eigenvalue weighted by Crippen LogP contribution is -2.25. The fourth-order valence-electron chi connectivity index (χ4n) is 3.65. The van der Waals surface area contributed by atoms with Crippen molar-refractivity contribution in [3.63, 3.8) is 0 Å². The third-order valence-electron chi connectivity index (χ3n) is 5.16. The van der Waals surface area contributed by atoms with Crippen LogP contribution in [0.2, 0.25) is 0 Å². The zero-order chi connectivity index (χ0) is 23.4. The number of rotatable bonds is 4. The Bertz CT molecular complexity index is 1460. The van der Waals surface area contributed by atoms with Gasteiger partial charge in [0, 0.05) is 28.4 Å². The zero-order valence-electron chi connectivity index (χ0n) is 16.4. The van der Waals surface area contributed by atoms with Crippen molar-refractivity contribution in [2.24, 2.45) is 0 Å². The van der Waals surface area contributed by atoms with Gasteiger partial charge in [0.05, 0.1) is 27.4 Å². The highest BCUT2D eigenvalue weighted by Gasteiger charge is 2.36. The van der Waals surface area contributed by atoms with E-state index in [1.54, 1.807) is 19.1 Å². The van der Waals surface area contributed by atoms with E-state index in [0.717, 1.165) is 6.07 Å². The molecule has 1 aliphatic rings. The highest BCUT2D eigenvalue weighted by atomic mass is 32.2. The van der Waals surface area contributed by atoms with Gasteiger partial charge in [0.2, 0.25) is 0 Å². The molecule has 4 N–H and O–H groups in total. The fraction of sp³-hybridized carbons (Fsp3) is 0.0476. The summed E-state index contributed by atoms with van der Waals surface area (Å²) < 4.78 is 33.5. The van der Waals surface area contributed by atoms with Gasteiger partial charge in [-0.15, -0.1) is 0 Å². The van der Waals surface area contributed by atoms with Crippen molar-refractivity contribution in [2.45, 2.75) is 11.8 Å². The number of nitrogens with one attached hydrogen (secondary N) is 1. The first-order valence-corrected chi connectivity index (χ1v) is 10.6. The summed E-state index contributed by atoms with van der Waals surface area (Å²) in [7, 11) is -4.87. The molecule has 3 aromatic carbocycles. The van der Waals surface area contributed by atoms with Crippen molar-refractivity contribution in [2.75, 3.05) is 11.1 Å². The Morgan fingerprint density at radius 2 is 1.59 bits per heavy atom. The van der Waals surface area contributed by atoms with Gasteiger partial charge in [0.25, 0.3) is 15.8 Å². The second-order valence-electron chi connectivity index (χ2n) is 7.15. The number of anilines is 3. The van der Waals surface area contributed by atoms with Crippen LogP contribution in [0, 0.1) is 17.0 Å². The molecule has 1 aliphatic carbocycles. The van der Waals surface area contributed by atoms with E-state index in [1.165, 1.54) is 30.3 Å². The summed E-state index contributed by atoms with van der Waals surface area (Å²) in [6.07, 6.45) is 0. The van der Waals surface area contributed by atoms with E-state index >= 15 is 0 Å². The summed E-state index contributed by atoms with van der Waals surface area (Å²) in [6.45, 7) is 1.54.